The number of rotatable bonds is 4. The number of aromatic nitrogens is 3. The third-order valence-corrected chi connectivity index (χ3v) is 5.74. The number of methoxy groups -OCH3 is 1. The molecule has 1 aliphatic heterocycles. The van der Waals surface area contributed by atoms with E-state index in [1.165, 1.54) is 11.0 Å². The maximum Gasteiger partial charge on any atom is 0.286 e. The summed E-state index contributed by atoms with van der Waals surface area (Å²) < 4.78 is 6.71. The molecular weight excluding hydrogens is 358 g/mol. The van der Waals surface area contributed by atoms with Gasteiger partial charge in [-0.05, 0) is 43.0 Å². The minimum atomic E-state index is -0.422. The second-order valence-electron chi connectivity index (χ2n) is 7.50. The Morgan fingerprint density at radius 1 is 1.14 bits per heavy atom. The molecule has 2 atom stereocenters. The van der Waals surface area contributed by atoms with Gasteiger partial charge in [-0.3, -0.25) is 14.2 Å². The van der Waals surface area contributed by atoms with Crippen LogP contribution in [0, 0.1) is 5.92 Å². The number of carbonyl (C=O) groups is 1. The minimum Gasteiger partial charge on any atom is -0.497 e. The summed E-state index contributed by atoms with van der Waals surface area (Å²) in [5.41, 5.74) is 0.383. The van der Waals surface area contributed by atoms with E-state index in [1.807, 2.05) is 29.2 Å². The van der Waals surface area contributed by atoms with Crippen molar-refractivity contribution in [2.75, 3.05) is 18.6 Å². The Labute approximate surface area is 163 Å². The number of anilines is 2. The highest BCUT2D eigenvalue weighted by molar-refractivity contribution is 5.92. The van der Waals surface area contributed by atoms with Gasteiger partial charge < -0.3 is 15.0 Å². The zero-order valence-corrected chi connectivity index (χ0v) is 16.2. The summed E-state index contributed by atoms with van der Waals surface area (Å²) in [5.74, 6) is 1.20. The van der Waals surface area contributed by atoms with E-state index in [4.69, 9.17) is 4.74 Å². The summed E-state index contributed by atoms with van der Waals surface area (Å²) in [6.45, 7) is 3.20. The maximum atomic E-state index is 12.9. The Hall–Kier alpha value is -2.90. The number of hydrogen-bond acceptors (Lipinski definition) is 6. The number of fused-ring (bicyclic) bond motifs is 1. The maximum absolute atomic E-state index is 12.9. The van der Waals surface area contributed by atoms with Crippen LogP contribution in [-0.4, -0.2) is 40.4 Å². The van der Waals surface area contributed by atoms with Crippen LogP contribution >= 0.6 is 0 Å². The molecule has 0 bridgehead atoms. The largest absolute Gasteiger partial charge is 0.497 e. The molecule has 2 heterocycles. The Morgan fingerprint density at radius 2 is 1.89 bits per heavy atom. The second-order valence-corrected chi connectivity index (χ2v) is 7.50. The van der Waals surface area contributed by atoms with Gasteiger partial charge in [0.25, 0.3) is 11.5 Å². The zero-order valence-electron chi connectivity index (χ0n) is 16.2. The quantitative estimate of drug-likeness (QED) is 0.870. The summed E-state index contributed by atoms with van der Waals surface area (Å²) in [6, 6.07) is 7.63. The van der Waals surface area contributed by atoms with Crippen LogP contribution in [-0.2, 0) is 6.54 Å². The molecule has 1 aliphatic carbocycles. The highest BCUT2D eigenvalue weighted by Crippen LogP contribution is 2.28. The third kappa shape index (κ3) is 3.34. The van der Waals surface area contributed by atoms with Crippen molar-refractivity contribution < 1.29 is 9.53 Å². The number of nitrogens with one attached hydrogen (secondary N) is 1. The molecule has 1 aromatic heterocycles. The van der Waals surface area contributed by atoms with Crippen LogP contribution in [0.15, 0.2) is 29.1 Å². The van der Waals surface area contributed by atoms with Gasteiger partial charge in [-0.25, -0.2) is 0 Å². The van der Waals surface area contributed by atoms with Gasteiger partial charge >= 0.3 is 0 Å². The first-order valence-electron chi connectivity index (χ1n) is 9.78. The molecule has 1 amide bonds. The monoisotopic (exact) mass is 383 g/mol. The normalized spacial score (nSPS) is 21.3. The number of nitrogens with zero attached hydrogens (tertiary/aromatic N) is 4. The van der Waals surface area contributed by atoms with Crippen molar-refractivity contribution in [1.29, 1.82) is 0 Å². The Balaban J connectivity index is 1.56. The van der Waals surface area contributed by atoms with Gasteiger partial charge in [0, 0.05) is 24.8 Å². The lowest BCUT2D eigenvalue weighted by Crippen LogP contribution is -2.44. The van der Waals surface area contributed by atoms with E-state index < -0.39 is 5.91 Å². The van der Waals surface area contributed by atoms with Crippen LogP contribution in [0.1, 0.15) is 43.1 Å². The average Bonchev–Trinajstić information content (AvgIpc) is 3.15. The standard InChI is InChI=1S/C20H25N5O3/c1-13-5-3-4-6-16(13)21-18(26)17-19(27)25-12-11-24(20(25)23-22-17)14-7-9-15(28-2)10-8-14/h7-10,13,16H,3-6,11-12H2,1-2H3,(H,21,26)/t13-,16-/m0/s1. The number of amides is 1. The molecule has 2 aliphatic rings. The predicted octanol–water partition coefficient (Wildman–Crippen LogP) is 2.11. The molecule has 2 aromatic rings. The first-order chi connectivity index (χ1) is 13.6. The van der Waals surface area contributed by atoms with Gasteiger partial charge in [-0.1, -0.05) is 19.8 Å². The van der Waals surface area contributed by atoms with Crippen LogP contribution in [0.2, 0.25) is 0 Å². The van der Waals surface area contributed by atoms with E-state index in [-0.39, 0.29) is 17.3 Å². The molecule has 0 radical (unpaired) electrons. The van der Waals surface area contributed by atoms with Crippen LogP contribution in [0.5, 0.6) is 5.75 Å². The molecule has 1 fully saturated rings. The molecule has 148 valence electrons. The fraction of sp³-hybridized carbons (Fsp3) is 0.500. The average molecular weight is 383 g/mol. The van der Waals surface area contributed by atoms with Crippen molar-refractivity contribution in [2.24, 2.45) is 5.92 Å². The summed E-state index contributed by atoms with van der Waals surface area (Å²) in [7, 11) is 1.62. The predicted molar refractivity (Wildman–Crippen MR) is 105 cm³/mol. The SMILES string of the molecule is COc1ccc(N2CCn3c2nnc(C(=O)N[C@H]2CCCC[C@@H]2C)c3=O)cc1. The summed E-state index contributed by atoms with van der Waals surface area (Å²) in [6.07, 6.45) is 4.32. The topological polar surface area (TPSA) is 89.3 Å². The molecule has 8 heteroatoms. The van der Waals surface area contributed by atoms with Gasteiger partial charge in [0.1, 0.15) is 5.75 Å². The number of benzene rings is 1. The van der Waals surface area contributed by atoms with Gasteiger partial charge in [0.2, 0.25) is 11.6 Å². The van der Waals surface area contributed by atoms with E-state index in [0.29, 0.717) is 25.0 Å². The fourth-order valence-electron chi connectivity index (χ4n) is 4.03. The lowest BCUT2D eigenvalue weighted by Gasteiger charge is -2.29. The highest BCUT2D eigenvalue weighted by Gasteiger charge is 2.29. The van der Waals surface area contributed by atoms with Crippen molar-refractivity contribution in [2.45, 2.75) is 45.2 Å². The number of hydrogen-bond donors (Lipinski definition) is 1. The third-order valence-electron chi connectivity index (χ3n) is 5.74. The lowest BCUT2D eigenvalue weighted by atomic mass is 9.86. The first-order valence-corrected chi connectivity index (χ1v) is 9.78. The van der Waals surface area contributed by atoms with Crippen molar-refractivity contribution >= 4 is 17.5 Å². The van der Waals surface area contributed by atoms with Crippen LogP contribution < -0.4 is 20.5 Å². The molecule has 0 saturated heterocycles. The van der Waals surface area contributed by atoms with Gasteiger partial charge in [-0.2, -0.15) is 0 Å². The van der Waals surface area contributed by atoms with Gasteiger partial charge in [-0.15, -0.1) is 10.2 Å². The van der Waals surface area contributed by atoms with Crippen LogP contribution in [0.4, 0.5) is 11.6 Å². The van der Waals surface area contributed by atoms with Gasteiger partial charge in [0.15, 0.2) is 0 Å². The highest BCUT2D eigenvalue weighted by atomic mass is 16.5. The van der Waals surface area contributed by atoms with Crippen LogP contribution in [0.25, 0.3) is 0 Å². The van der Waals surface area contributed by atoms with Crippen molar-refractivity contribution in [3.05, 3.63) is 40.3 Å². The summed E-state index contributed by atoms with van der Waals surface area (Å²) in [4.78, 5) is 27.4. The molecule has 0 unspecified atom stereocenters. The zero-order chi connectivity index (χ0) is 19.7. The lowest BCUT2D eigenvalue weighted by molar-refractivity contribution is 0.0901. The Bertz CT molecular complexity index is 924. The molecule has 4 rings (SSSR count). The number of ether oxygens (including phenoxy) is 1. The number of carbonyl (C=O) groups excluding carboxylic acids is 1. The van der Waals surface area contributed by atoms with Crippen molar-refractivity contribution in [1.82, 2.24) is 20.1 Å². The smallest absolute Gasteiger partial charge is 0.286 e. The Kier molecular flexibility index (Phi) is 5.02. The first kappa shape index (κ1) is 18.5. The summed E-state index contributed by atoms with van der Waals surface area (Å²) in [5, 5.41) is 11.2. The van der Waals surface area contributed by atoms with Gasteiger partial charge in [0.05, 0.1) is 7.11 Å². The summed E-state index contributed by atoms with van der Waals surface area (Å²) >= 11 is 0. The molecule has 1 aromatic carbocycles. The van der Waals surface area contributed by atoms with E-state index in [0.717, 1.165) is 30.7 Å². The fourth-order valence-corrected chi connectivity index (χ4v) is 4.03. The van der Waals surface area contributed by atoms with E-state index in [1.54, 1.807) is 7.11 Å². The molecule has 0 spiro atoms. The van der Waals surface area contributed by atoms with Crippen molar-refractivity contribution in [3.8, 4) is 5.75 Å². The molecule has 8 nitrogen and oxygen atoms in total. The molecular formula is C20H25N5O3. The Morgan fingerprint density at radius 3 is 2.61 bits per heavy atom. The van der Waals surface area contributed by atoms with Crippen LogP contribution in [0.3, 0.4) is 0 Å². The van der Waals surface area contributed by atoms with E-state index >= 15 is 0 Å². The molecule has 1 saturated carbocycles. The van der Waals surface area contributed by atoms with Crippen molar-refractivity contribution in [3.63, 3.8) is 0 Å². The second kappa shape index (κ2) is 7.61. The van der Waals surface area contributed by atoms with E-state index in [9.17, 15) is 9.59 Å². The molecule has 1 N–H and O–H groups in total. The van der Waals surface area contributed by atoms with E-state index in [2.05, 4.69) is 22.4 Å². The molecule has 28 heavy (non-hydrogen) atoms. The minimum absolute atomic E-state index is 0.0940.